The molecule has 0 bridgehead atoms. The van der Waals surface area contributed by atoms with Gasteiger partial charge < -0.3 is 0 Å². The Bertz CT molecular complexity index is 133. The normalized spacial score (nSPS) is 27.8. The van der Waals surface area contributed by atoms with Gasteiger partial charge in [-0.15, -0.1) is 0 Å². The Kier molecular flexibility index (Phi) is 2.11. The SMILES string of the molecule is CC1C=C([IH+])C=CC1. The summed E-state index contributed by atoms with van der Waals surface area (Å²) < 4.78 is 1.42. The fourth-order valence-corrected chi connectivity index (χ4v) is 1.74. The van der Waals surface area contributed by atoms with Crippen LogP contribution in [0.5, 0.6) is 0 Å². The minimum absolute atomic E-state index is 0.766. The van der Waals surface area contributed by atoms with Crippen LogP contribution >= 0.6 is 0 Å². The van der Waals surface area contributed by atoms with Crippen molar-refractivity contribution in [2.45, 2.75) is 13.3 Å². The van der Waals surface area contributed by atoms with Crippen LogP contribution in [-0.2, 0) is 0 Å². The molecule has 1 aliphatic rings. The first-order valence-electron chi connectivity index (χ1n) is 2.84. The van der Waals surface area contributed by atoms with E-state index in [1.54, 1.807) is 0 Å². The van der Waals surface area contributed by atoms with E-state index in [9.17, 15) is 0 Å². The smallest absolute Gasteiger partial charge is 0.0795 e. The van der Waals surface area contributed by atoms with E-state index in [1.807, 2.05) is 0 Å². The molecule has 0 aromatic rings. The molecule has 1 rings (SSSR count). The van der Waals surface area contributed by atoms with Gasteiger partial charge >= 0.3 is 0 Å². The Morgan fingerprint density at radius 1 is 1.75 bits per heavy atom. The van der Waals surface area contributed by atoms with Crippen LogP contribution in [0.1, 0.15) is 13.3 Å². The largest absolute Gasteiger partial charge is 0.296 e. The van der Waals surface area contributed by atoms with Gasteiger partial charge in [0.2, 0.25) is 0 Å². The Morgan fingerprint density at radius 3 is 2.88 bits per heavy atom. The minimum Gasteiger partial charge on any atom is -0.0795 e. The predicted molar refractivity (Wildman–Crippen MR) is 32.4 cm³/mol. The number of halogens is 1. The van der Waals surface area contributed by atoms with Crippen molar-refractivity contribution in [3.05, 3.63) is 21.8 Å². The van der Waals surface area contributed by atoms with Crippen LogP contribution in [0.15, 0.2) is 21.8 Å². The molecule has 1 unspecified atom stereocenters. The third-order valence-corrected chi connectivity index (χ3v) is 2.02. The van der Waals surface area contributed by atoms with Crippen molar-refractivity contribution in [1.29, 1.82) is 0 Å². The molecule has 0 heterocycles. The monoisotopic (exact) mass is 221 g/mol. The fourth-order valence-electron chi connectivity index (χ4n) is 0.803. The van der Waals surface area contributed by atoms with Gasteiger partial charge in [0.1, 0.15) is 0 Å². The topological polar surface area (TPSA) is 0 Å². The summed E-state index contributed by atoms with van der Waals surface area (Å²) in [7, 11) is 0. The van der Waals surface area contributed by atoms with Gasteiger partial charge in [-0.05, 0) is 24.5 Å². The van der Waals surface area contributed by atoms with Crippen molar-refractivity contribution in [3.8, 4) is 0 Å². The fraction of sp³-hybridized carbons (Fsp3) is 0.429. The maximum atomic E-state index is 2.31. The Hall–Kier alpha value is 0.210. The van der Waals surface area contributed by atoms with Crippen LogP contribution in [0.25, 0.3) is 0 Å². The van der Waals surface area contributed by atoms with E-state index < -0.39 is 0 Å². The first-order chi connectivity index (χ1) is 3.79. The molecular formula is C7H10I+. The Labute approximate surface area is 63.8 Å². The highest BCUT2D eigenvalue weighted by Crippen LogP contribution is 2.10. The van der Waals surface area contributed by atoms with Gasteiger partial charge in [0.25, 0.3) is 22.6 Å². The van der Waals surface area contributed by atoms with E-state index in [4.69, 9.17) is 0 Å². The summed E-state index contributed by atoms with van der Waals surface area (Å²) in [5, 5.41) is 0. The summed E-state index contributed by atoms with van der Waals surface area (Å²) in [6, 6.07) is 0. The highest BCUT2D eigenvalue weighted by molar-refractivity contribution is 5.14. The van der Waals surface area contributed by atoms with E-state index >= 15 is 0 Å². The maximum Gasteiger partial charge on any atom is 0.296 e. The highest BCUT2D eigenvalue weighted by Gasteiger charge is 2.05. The lowest BCUT2D eigenvalue weighted by molar-refractivity contribution is -0.296. The molecule has 1 heteroatoms. The second kappa shape index (κ2) is 2.67. The Balaban J connectivity index is 2.63. The van der Waals surface area contributed by atoms with Crippen LogP contribution < -0.4 is 22.6 Å². The van der Waals surface area contributed by atoms with Gasteiger partial charge in [0.15, 0.2) is 3.58 Å². The third kappa shape index (κ3) is 1.62. The van der Waals surface area contributed by atoms with E-state index in [0.717, 1.165) is 5.92 Å². The molecule has 0 aromatic heterocycles. The molecule has 0 radical (unpaired) electrons. The molecule has 1 aliphatic carbocycles. The van der Waals surface area contributed by atoms with E-state index in [1.165, 1.54) is 10.0 Å². The van der Waals surface area contributed by atoms with Gasteiger partial charge in [-0.3, -0.25) is 0 Å². The lowest BCUT2D eigenvalue weighted by Crippen LogP contribution is -3.33. The zero-order chi connectivity index (χ0) is 5.98. The number of allylic oxidation sites excluding steroid dienone is 4. The third-order valence-electron chi connectivity index (χ3n) is 1.24. The minimum atomic E-state index is 0.766. The molecule has 0 N–H and O–H groups in total. The number of hydrogen-bond donors (Lipinski definition) is 0. The van der Waals surface area contributed by atoms with Gasteiger partial charge in [-0.1, -0.05) is 13.0 Å². The number of rotatable bonds is 0. The van der Waals surface area contributed by atoms with Crippen molar-refractivity contribution in [3.63, 3.8) is 0 Å². The van der Waals surface area contributed by atoms with Crippen molar-refractivity contribution >= 4 is 0 Å². The zero-order valence-electron chi connectivity index (χ0n) is 4.92. The van der Waals surface area contributed by atoms with E-state index in [-0.39, 0.29) is 0 Å². The zero-order valence-corrected chi connectivity index (χ0v) is 7.26. The maximum absolute atomic E-state index is 2.31. The van der Waals surface area contributed by atoms with Crippen LogP contribution in [0.4, 0.5) is 0 Å². The summed E-state index contributed by atoms with van der Waals surface area (Å²) >= 11 is 2.08. The first kappa shape index (κ1) is 6.33. The average Bonchev–Trinajstić information content (AvgIpc) is 1.64. The molecule has 8 heavy (non-hydrogen) atoms. The summed E-state index contributed by atoms with van der Waals surface area (Å²) in [4.78, 5) is 0. The van der Waals surface area contributed by atoms with Crippen LogP contribution in [0, 0.1) is 5.92 Å². The molecule has 0 aliphatic heterocycles. The predicted octanol–water partition coefficient (Wildman–Crippen LogP) is -1.25. The van der Waals surface area contributed by atoms with Crippen molar-refractivity contribution in [2.24, 2.45) is 5.92 Å². The lowest BCUT2D eigenvalue weighted by Gasteiger charge is -2.02. The summed E-state index contributed by atoms with van der Waals surface area (Å²) in [6.45, 7) is 2.24. The molecule has 0 fully saturated rings. The molecule has 1 atom stereocenters. The molecule has 0 saturated carbocycles. The highest BCUT2D eigenvalue weighted by atomic mass is 127. The van der Waals surface area contributed by atoms with Crippen molar-refractivity contribution < 1.29 is 22.6 Å². The second-order valence-corrected chi connectivity index (χ2v) is 3.53. The molecule has 0 aromatic carbocycles. The summed E-state index contributed by atoms with van der Waals surface area (Å²) in [5.41, 5.74) is 0. The van der Waals surface area contributed by atoms with Crippen molar-refractivity contribution in [1.82, 2.24) is 0 Å². The quantitative estimate of drug-likeness (QED) is 0.448. The molecular weight excluding hydrogens is 211 g/mol. The standard InChI is InChI=1S/C7H10I/c1-6-3-2-4-7(8)5-6/h2,4-6,8H,3H2,1H3/q+1. The average molecular weight is 221 g/mol. The van der Waals surface area contributed by atoms with Gasteiger partial charge in [-0.25, -0.2) is 0 Å². The first-order valence-corrected chi connectivity index (χ1v) is 4.01. The Morgan fingerprint density at radius 2 is 2.50 bits per heavy atom. The summed E-state index contributed by atoms with van der Waals surface area (Å²) in [5.74, 6) is 0.766. The van der Waals surface area contributed by atoms with Crippen LogP contribution in [0.3, 0.4) is 0 Å². The van der Waals surface area contributed by atoms with E-state index in [2.05, 4.69) is 47.7 Å². The molecule has 0 amide bonds. The van der Waals surface area contributed by atoms with Gasteiger partial charge in [0.05, 0.1) is 0 Å². The number of hydrogen-bond acceptors (Lipinski definition) is 0. The molecule has 0 saturated heterocycles. The van der Waals surface area contributed by atoms with Crippen LogP contribution in [-0.4, -0.2) is 0 Å². The van der Waals surface area contributed by atoms with E-state index in [0.29, 0.717) is 0 Å². The van der Waals surface area contributed by atoms with Gasteiger partial charge in [-0.2, -0.15) is 0 Å². The lowest BCUT2D eigenvalue weighted by atomic mass is 10.0. The van der Waals surface area contributed by atoms with Crippen molar-refractivity contribution in [2.75, 3.05) is 0 Å². The molecule has 44 valence electrons. The van der Waals surface area contributed by atoms with Crippen LogP contribution in [0.2, 0.25) is 0 Å². The molecule has 0 nitrogen and oxygen atoms in total. The second-order valence-electron chi connectivity index (χ2n) is 2.18. The summed E-state index contributed by atoms with van der Waals surface area (Å²) in [6.07, 6.45) is 7.95. The molecule has 0 spiro atoms. The van der Waals surface area contributed by atoms with Gasteiger partial charge in [0, 0.05) is 0 Å².